The van der Waals surface area contributed by atoms with Gasteiger partial charge >= 0.3 is 0 Å². The van der Waals surface area contributed by atoms with Crippen LogP contribution in [0.1, 0.15) is 46.9 Å². The van der Waals surface area contributed by atoms with Gasteiger partial charge in [0.1, 0.15) is 11.5 Å². The minimum atomic E-state index is -0.310. The summed E-state index contributed by atoms with van der Waals surface area (Å²) in [6, 6.07) is 3.82. The lowest BCUT2D eigenvalue weighted by atomic mass is 10.1. The van der Waals surface area contributed by atoms with Crippen molar-refractivity contribution in [2.45, 2.75) is 33.2 Å². The summed E-state index contributed by atoms with van der Waals surface area (Å²) in [5.41, 5.74) is 14.4. The number of fused-ring (bicyclic) bond motifs is 1. The van der Waals surface area contributed by atoms with Gasteiger partial charge in [-0.05, 0) is 26.0 Å². The third kappa shape index (κ3) is 5.98. The molecule has 1 saturated heterocycles. The van der Waals surface area contributed by atoms with Crippen molar-refractivity contribution in [1.82, 2.24) is 24.8 Å². The molecular formula is C25H33ClN8O4. The Morgan fingerprint density at radius 1 is 1.13 bits per heavy atom. The molecule has 3 heterocycles. The number of Topliss-reactive ketones (excluding diaryl/α,β-unsaturated/α-hetero) is 1. The minimum absolute atomic E-state index is 0.0102. The van der Waals surface area contributed by atoms with Gasteiger partial charge in [-0.2, -0.15) is 0 Å². The molecule has 1 aliphatic heterocycles. The number of ketones is 1. The number of carbonyl (C=O) groups is 2. The molecule has 0 atom stereocenters. The van der Waals surface area contributed by atoms with Gasteiger partial charge < -0.3 is 35.7 Å². The maximum Gasteiger partial charge on any atom is 0.253 e. The van der Waals surface area contributed by atoms with E-state index in [-0.39, 0.29) is 40.6 Å². The van der Waals surface area contributed by atoms with Crippen LogP contribution in [0.25, 0.3) is 11.0 Å². The highest BCUT2D eigenvalue weighted by atomic mass is 35.5. The second-order valence-corrected chi connectivity index (χ2v) is 9.10. The van der Waals surface area contributed by atoms with Crippen LogP contribution in [0.3, 0.4) is 0 Å². The van der Waals surface area contributed by atoms with Crippen molar-refractivity contribution < 1.29 is 19.1 Å². The number of anilines is 3. The summed E-state index contributed by atoms with van der Waals surface area (Å²) in [4.78, 5) is 40.9. The zero-order chi connectivity index (χ0) is 27.2. The van der Waals surface area contributed by atoms with Crippen molar-refractivity contribution in [3.63, 3.8) is 0 Å². The lowest BCUT2D eigenvalue weighted by Crippen LogP contribution is -2.38. The van der Waals surface area contributed by atoms with Crippen molar-refractivity contribution in [3.05, 3.63) is 34.4 Å². The molecule has 0 spiro atoms. The number of rotatable bonds is 11. The number of hydrogen-bond donors (Lipinski definition) is 3. The molecule has 0 unspecified atom stereocenters. The Labute approximate surface area is 225 Å². The molecule has 3 aromatic rings. The zero-order valence-electron chi connectivity index (χ0n) is 21.6. The maximum atomic E-state index is 13.2. The van der Waals surface area contributed by atoms with Gasteiger partial charge in [0.15, 0.2) is 22.6 Å². The number of benzene rings is 1. The van der Waals surface area contributed by atoms with E-state index in [0.29, 0.717) is 75.9 Å². The Balaban J connectivity index is 1.64. The van der Waals surface area contributed by atoms with Crippen LogP contribution in [0, 0.1) is 0 Å². The number of nitrogens with zero attached hydrogens (tertiary/aromatic N) is 5. The lowest BCUT2D eigenvalue weighted by Gasteiger charge is -2.30. The fourth-order valence-corrected chi connectivity index (χ4v) is 4.59. The van der Waals surface area contributed by atoms with E-state index in [0.717, 1.165) is 11.2 Å². The van der Waals surface area contributed by atoms with Gasteiger partial charge in [-0.25, -0.2) is 15.0 Å². The number of hydrogen-bond acceptors (Lipinski definition) is 10. The van der Waals surface area contributed by atoms with E-state index in [4.69, 9.17) is 37.5 Å². The molecule has 1 aromatic carbocycles. The van der Waals surface area contributed by atoms with E-state index in [1.54, 1.807) is 0 Å². The predicted octanol–water partition coefficient (Wildman–Crippen LogP) is 2.08. The van der Waals surface area contributed by atoms with Crippen LogP contribution in [0.15, 0.2) is 12.1 Å². The first kappa shape index (κ1) is 27.6. The van der Waals surface area contributed by atoms with Gasteiger partial charge in [0.25, 0.3) is 5.91 Å². The first-order chi connectivity index (χ1) is 18.3. The van der Waals surface area contributed by atoms with E-state index in [9.17, 15) is 9.59 Å². The molecule has 1 aliphatic rings. The molecule has 13 heteroatoms. The third-order valence-electron chi connectivity index (χ3n) is 6.34. The van der Waals surface area contributed by atoms with Crippen molar-refractivity contribution >= 4 is 51.6 Å². The van der Waals surface area contributed by atoms with E-state index < -0.39 is 0 Å². The number of nitrogens with two attached hydrogens (primary N) is 2. The average molecular weight is 545 g/mol. The van der Waals surface area contributed by atoms with Crippen LogP contribution >= 0.6 is 11.6 Å². The molecule has 38 heavy (non-hydrogen) atoms. The van der Waals surface area contributed by atoms with Crippen molar-refractivity contribution in [2.24, 2.45) is 0 Å². The molecule has 0 radical (unpaired) electrons. The number of imidazole rings is 1. The van der Waals surface area contributed by atoms with E-state index >= 15 is 0 Å². The van der Waals surface area contributed by atoms with Crippen LogP contribution in [0.5, 0.6) is 0 Å². The fraction of sp³-hybridized carbons (Fsp3) is 0.480. The number of nitrogen functional groups attached to an aromatic ring is 2. The monoisotopic (exact) mass is 544 g/mol. The first-order valence-corrected chi connectivity index (χ1v) is 13.0. The number of morpholine rings is 1. The number of ether oxygens (including phenoxy) is 2. The highest BCUT2D eigenvalue weighted by Crippen LogP contribution is 2.29. The van der Waals surface area contributed by atoms with Gasteiger partial charge in [0.05, 0.1) is 42.1 Å². The summed E-state index contributed by atoms with van der Waals surface area (Å²) >= 11 is 5.94. The summed E-state index contributed by atoms with van der Waals surface area (Å²) in [6.45, 7) is 8.53. The van der Waals surface area contributed by atoms with E-state index in [1.807, 2.05) is 30.5 Å². The highest BCUT2D eigenvalue weighted by Gasteiger charge is 2.23. The lowest BCUT2D eigenvalue weighted by molar-refractivity contribution is 0.0920. The van der Waals surface area contributed by atoms with Gasteiger partial charge in [0.2, 0.25) is 0 Å². The molecule has 12 nitrogen and oxygen atoms in total. The van der Waals surface area contributed by atoms with Crippen LogP contribution in [-0.2, 0) is 22.4 Å². The smallest absolute Gasteiger partial charge is 0.253 e. The van der Waals surface area contributed by atoms with E-state index in [2.05, 4.69) is 20.2 Å². The minimum Gasteiger partial charge on any atom is -0.382 e. The van der Waals surface area contributed by atoms with Gasteiger partial charge in [-0.3, -0.25) is 9.59 Å². The predicted molar refractivity (Wildman–Crippen MR) is 146 cm³/mol. The second kappa shape index (κ2) is 12.4. The largest absolute Gasteiger partial charge is 0.382 e. The van der Waals surface area contributed by atoms with E-state index in [1.165, 1.54) is 0 Å². The molecule has 2 aromatic heterocycles. The Bertz CT molecular complexity index is 1320. The number of carbonyl (C=O) groups excluding carboxylic acids is 2. The van der Waals surface area contributed by atoms with Crippen LogP contribution in [0.2, 0.25) is 5.15 Å². The molecule has 5 N–H and O–H groups in total. The SMILES string of the molecule is CCOCCNC(=O)c1cc2nc(CCC(=O)c3nc(Cl)c(N)nc3N)n(CC)c2cc1N1CCOCC1. The van der Waals surface area contributed by atoms with Crippen molar-refractivity contribution in [2.75, 3.05) is 62.4 Å². The maximum absolute atomic E-state index is 13.2. The molecule has 0 bridgehead atoms. The molecule has 1 amide bonds. The number of halogens is 1. The number of aryl methyl sites for hydroxylation is 2. The molecule has 4 rings (SSSR count). The molecule has 204 valence electrons. The second-order valence-electron chi connectivity index (χ2n) is 8.74. The summed E-state index contributed by atoms with van der Waals surface area (Å²) in [6.07, 6.45) is 0.441. The first-order valence-electron chi connectivity index (χ1n) is 12.7. The number of aromatic nitrogens is 4. The van der Waals surface area contributed by atoms with Crippen molar-refractivity contribution in [3.8, 4) is 0 Å². The molecule has 1 fully saturated rings. The summed E-state index contributed by atoms with van der Waals surface area (Å²) in [5.74, 6) is 0.129. The topological polar surface area (TPSA) is 164 Å². The average Bonchev–Trinajstić information content (AvgIpc) is 3.27. The van der Waals surface area contributed by atoms with Crippen LogP contribution in [0.4, 0.5) is 17.3 Å². The molecular weight excluding hydrogens is 512 g/mol. The van der Waals surface area contributed by atoms with Crippen LogP contribution < -0.4 is 21.7 Å². The summed E-state index contributed by atoms with van der Waals surface area (Å²) < 4.78 is 12.9. The normalized spacial score (nSPS) is 13.7. The number of nitrogens with one attached hydrogen (secondary N) is 1. The zero-order valence-corrected chi connectivity index (χ0v) is 22.4. The Hall–Kier alpha value is -3.48. The summed E-state index contributed by atoms with van der Waals surface area (Å²) in [5, 5.41) is 2.88. The quantitative estimate of drug-likeness (QED) is 0.240. The van der Waals surface area contributed by atoms with Gasteiger partial charge in [-0.15, -0.1) is 0 Å². The fourth-order valence-electron chi connectivity index (χ4n) is 4.47. The Morgan fingerprint density at radius 2 is 1.89 bits per heavy atom. The van der Waals surface area contributed by atoms with Gasteiger partial charge in [-0.1, -0.05) is 11.6 Å². The van der Waals surface area contributed by atoms with Crippen LogP contribution in [-0.4, -0.2) is 77.3 Å². The molecule has 0 saturated carbocycles. The standard InChI is InChI=1S/C25H33ClN8O4/c1-3-34-18-14-17(33-8-11-38-12-9-33)15(25(36)29-7-10-37-4-2)13-16(18)30-20(34)6-5-19(35)21-23(27)32-24(28)22(26)31-21/h13-14H,3-12H2,1-2H3,(H,29,36)(H4,27,28,32). The Morgan fingerprint density at radius 3 is 2.61 bits per heavy atom. The Kier molecular flexibility index (Phi) is 8.97. The number of amides is 1. The third-order valence-corrected chi connectivity index (χ3v) is 6.62. The van der Waals surface area contributed by atoms with Crippen molar-refractivity contribution in [1.29, 1.82) is 0 Å². The summed E-state index contributed by atoms with van der Waals surface area (Å²) in [7, 11) is 0. The molecule has 0 aliphatic carbocycles. The van der Waals surface area contributed by atoms with Gasteiger partial charge in [0, 0.05) is 45.6 Å². The highest BCUT2D eigenvalue weighted by molar-refractivity contribution is 6.31.